The van der Waals surface area contributed by atoms with Gasteiger partial charge in [0, 0.05) is 32.1 Å². The zero-order valence-electron chi connectivity index (χ0n) is 16.6. The minimum Gasteiger partial charge on any atom is -0.330 e. The highest BCUT2D eigenvalue weighted by atomic mass is 35.5. The molecule has 1 spiro atoms. The van der Waals surface area contributed by atoms with Gasteiger partial charge in [0.05, 0.1) is 0 Å². The molecule has 3 aliphatic rings. The van der Waals surface area contributed by atoms with Crippen LogP contribution in [-0.2, 0) is 10.2 Å². The highest BCUT2D eigenvalue weighted by Gasteiger charge is 2.44. The first-order chi connectivity index (χ1) is 13.0. The number of piperidine rings is 1. The number of nitrogens with zero attached hydrogens (tertiary/aromatic N) is 2. The third kappa shape index (κ3) is 4.26. The van der Waals surface area contributed by atoms with Crippen LogP contribution < -0.4 is 5.73 Å². The van der Waals surface area contributed by atoms with Crippen LogP contribution in [0.1, 0.15) is 56.4 Å². The molecular formula is C21H34ClN3O2S. The van der Waals surface area contributed by atoms with E-state index in [4.69, 9.17) is 5.73 Å². The lowest BCUT2D eigenvalue weighted by molar-refractivity contribution is 0.0998. The Bertz CT molecular complexity index is 727. The second-order valence-electron chi connectivity index (χ2n) is 8.80. The van der Waals surface area contributed by atoms with E-state index in [9.17, 15) is 8.42 Å². The molecule has 2 atom stereocenters. The smallest absolute Gasteiger partial charge is 0.282 e. The first-order valence-electron chi connectivity index (χ1n) is 10.5. The molecule has 0 radical (unpaired) electrons. The largest absolute Gasteiger partial charge is 0.330 e. The fourth-order valence-corrected chi connectivity index (χ4v) is 7.19. The van der Waals surface area contributed by atoms with Crippen molar-refractivity contribution >= 4 is 22.6 Å². The molecule has 0 bridgehead atoms. The number of hydrogen-bond acceptors (Lipinski definition) is 3. The molecule has 0 amide bonds. The molecule has 1 saturated carbocycles. The Morgan fingerprint density at radius 1 is 0.929 bits per heavy atom. The minimum absolute atomic E-state index is 0. The van der Waals surface area contributed by atoms with Gasteiger partial charge in [-0.15, -0.1) is 12.4 Å². The van der Waals surface area contributed by atoms with Crippen molar-refractivity contribution < 1.29 is 8.42 Å². The van der Waals surface area contributed by atoms with Gasteiger partial charge in [-0.3, -0.25) is 0 Å². The van der Waals surface area contributed by atoms with Crippen LogP contribution in [0, 0.1) is 11.3 Å². The number of hydrogen-bond donors (Lipinski definition) is 1. The first-order valence-corrected chi connectivity index (χ1v) is 11.9. The van der Waals surface area contributed by atoms with Crippen LogP contribution in [0.4, 0.5) is 0 Å². The average molecular weight is 428 g/mol. The normalized spacial score (nSPS) is 28.9. The van der Waals surface area contributed by atoms with Crippen molar-refractivity contribution in [3.8, 4) is 0 Å². The summed E-state index contributed by atoms with van der Waals surface area (Å²) in [4.78, 5) is 0. The molecule has 0 aromatic heterocycles. The van der Waals surface area contributed by atoms with Crippen molar-refractivity contribution in [2.75, 3.05) is 32.7 Å². The maximum absolute atomic E-state index is 13.3. The van der Waals surface area contributed by atoms with E-state index >= 15 is 0 Å². The van der Waals surface area contributed by atoms with Crippen molar-refractivity contribution in [2.24, 2.45) is 17.1 Å². The molecule has 1 aromatic rings. The number of nitrogens with two attached hydrogens (primary N) is 1. The molecule has 1 aromatic carbocycles. The molecule has 2 saturated heterocycles. The Balaban J connectivity index is 0.00000225. The fourth-order valence-electron chi connectivity index (χ4n) is 5.49. The van der Waals surface area contributed by atoms with Gasteiger partial charge < -0.3 is 5.73 Å². The van der Waals surface area contributed by atoms with Crippen LogP contribution in [0.15, 0.2) is 30.3 Å². The third-order valence-corrected chi connectivity index (χ3v) is 9.26. The Hall–Kier alpha value is -0.660. The second kappa shape index (κ2) is 9.00. The molecular weight excluding hydrogens is 394 g/mol. The first kappa shape index (κ1) is 22.0. The van der Waals surface area contributed by atoms with Gasteiger partial charge in [-0.2, -0.15) is 17.0 Å². The predicted octanol–water partition coefficient (Wildman–Crippen LogP) is 3.37. The lowest BCUT2D eigenvalue weighted by atomic mass is 9.68. The summed E-state index contributed by atoms with van der Waals surface area (Å²) in [5.41, 5.74) is 7.62. The highest BCUT2D eigenvalue weighted by Crippen LogP contribution is 2.45. The van der Waals surface area contributed by atoms with Crippen molar-refractivity contribution in [2.45, 2.75) is 50.9 Å². The maximum atomic E-state index is 13.3. The van der Waals surface area contributed by atoms with Crippen LogP contribution in [0.2, 0.25) is 0 Å². The standard InChI is InChI=1S/C21H33N3O2S.ClH/c22-15-19-16-24(17-20(19)18-7-3-1-4-8-18)27(25,26)23-13-11-21(12-14-23)9-5-2-6-10-21;/h1,3-4,7-8,19-20H,2,5-6,9-17,22H2;1H/t19-,20+;/m1./s1. The molecule has 3 fully saturated rings. The van der Waals surface area contributed by atoms with Crippen LogP contribution in [0.5, 0.6) is 0 Å². The summed E-state index contributed by atoms with van der Waals surface area (Å²) >= 11 is 0. The van der Waals surface area contributed by atoms with E-state index in [0.29, 0.717) is 38.1 Å². The molecule has 2 N–H and O–H groups in total. The molecule has 4 rings (SSSR count). The van der Waals surface area contributed by atoms with Gasteiger partial charge >= 0.3 is 0 Å². The Kier molecular flexibility index (Phi) is 7.09. The maximum Gasteiger partial charge on any atom is 0.282 e. The molecule has 0 unspecified atom stereocenters. The number of halogens is 1. The summed E-state index contributed by atoms with van der Waals surface area (Å²) < 4.78 is 30.1. The van der Waals surface area contributed by atoms with Crippen molar-refractivity contribution in [3.63, 3.8) is 0 Å². The Morgan fingerprint density at radius 3 is 2.18 bits per heavy atom. The quantitative estimate of drug-likeness (QED) is 0.800. The fraction of sp³-hybridized carbons (Fsp3) is 0.714. The van der Waals surface area contributed by atoms with Crippen LogP contribution >= 0.6 is 12.4 Å². The summed E-state index contributed by atoms with van der Waals surface area (Å²) in [6, 6.07) is 10.2. The summed E-state index contributed by atoms with van der Waals surface area (Å²) in [6.07, 6.45) is 8.61. The molecule has 158 valence electrons. The van der Waals surface area contributed by atoms with Gasteiger partial charge in [-0.05, 0) is 49.1 Å². The summed E-state index contributed by atoms with van der Waals surface area (Å²) in [5.74, 6) is 0.386. The second-order valence-corrected chi connectivity index (χ2v) is 10.7. The summed E-state index contributed by atoms with van der Waals surface area (Å²) in [7, 11) is -3.39. The van der Waals surface area contributed by atoms with Crippen LogP contribution in [-0.4, -0.2) is 49.8 Å². The molecule has 2 aliphatic heterocycles. The lowest BCUT2D eigenvalue weighted by Gasteiger charge is -2.44. The average Bonchev–Trinajstić information content (AvgIpc) is 3.15. The lowest BCUT2D eigenvalue weighted by Crippen LogP contribution is -2.49. The Morgan fingerprint density at radius 2 is 1.57 bits per heavy atom. The van der Waals surface area contributed by atoms with Crippen molar-refractivity contribution in [1.82, 2.24) is 8.61 Å². The summed E-state index contributed by atoms with van der Waals surface area (Å²) in [6.45, 7) is 2.98. The van der Waals surface area contributed by atoms with Gasteiger partial charge in [0.1, 0.15) is 0 Å². The van der Waals surface area contributed by atoms with E-state index in [1.165, 1.54) is 37.7 Å². The number of benzene rings is 1. The zero-order chi connectivity index (χ0) is 18.9. The predicted molar refractivity (Wildman–Crippen MR) is 116 cm³/mol. The molecule has 1 aliphatic carbocycles. The molecule has 7 heteroatoms. The van der Waals surface area contributed by atoms with Crippen LogP contribution in [0.25, 0.3) is 0 Å². The SMILES string of the molecule is Cl.NC[C@@H]1CN(S(=O)(=O)N2CCC3(CCCCC3)CC2)C[C@H]1c1ccccc1. The number of rotatable bonds is 4. The summed E-state index contributed by atoms with van der Waals surface area (Å²) in [5, 5.41) is 0. The highest BCUT2D eigenvalue weighted by molar-refractivity contribution is 7.86. The van der Waals surface area contributed by atoms with E-state index in [0.717, 1.165) is 12.8 Å². The van der Waals surface area contributed by atoms with E-state index in [2.05, 4.69) is 12.1 Å². The van der Waals surface area contributed by atoms with Gasteiger partial charge in [-0.1, -0.05) is 49.6 Å². The van der Waals surface area contributed by atoms with Crippen LogP contribution in [0.3, 0.4) is 0 Å². The third-order valence-electron chi connectivity index (χ3n) is 7.29. The molecule has 5 nitrogen and oxygen atoms in total. The van der Waals surface area contributed by atoms with Gasteiger partial charge in [-0.25, -0.2) is 0 Å². The van der Waals surface area contributed by atoms with Crippen molar-refractivity contribution in [1.29, 1.82) is 0 Å². The molecule has 28 heavy (non-hydrogen) atoms. The van der Waals surface area contributed by atoms with Crippen molar-refractivity contribution in [3.05, 3.63) is 35.9 Å². The van der Waals surface area contributed by atoms with Gasteiger partial charge in [0.25, 0.3) is 10.2 Å². The monoisotopic (exact) mass is 427 g/mol. The Labute approximate surface area is 176 Å². The molecule has 2 heterocycles. The minimum atomic E-state index is -3.39. The van der Waals surface area contributed by atoms with Gasteiger partial charge in [0.2, 0.25) is 0 Å². The van der Waals surface area contributed by atoms with Gasteiger partial charge in [0.15, 0.2) is 0 Å². The van der Waals surface area contributed by atoms with E-state index < -0.39 is 10.2 Å². The topological polar surface area (TPSA) is 66.6 Å². The van der Waals surface area contributed by atoms with E-state index in [-0.39, 0.29) is 24.2 Å². The van der Waals surface area contributed by atoms with E-state index in [1.807, 2.05) is 18.2 Å². The van der Waals surface area contributed by atoms with E-state index in [1.54, 1.807) is 8.61 Å². The zero-order valence-corrected chi connectivity index (χ0v) is 18.3.